The number of hydrogen-bond donors (Lipinski definition) is 1. The summed E-state index contributed by atoms with van der Waals surface area (Å²) >= 11 is 1.24. The molecule has 2 heterocycles. The van der Waals surface area contributed by atoms with Crippen molar-refractivity contribution in [1.82, 2.24) is 9.97 Å². The van der Waals surface area contributed by atoms with Crippen LogP contribution in [0.5, 0.6) is 0 Å². The van der Waals surface area contributed by atoms with Gasteiger partial charge < -0.3 is 10.5 Å². The lowest BCUT2D eigenvalue weighted by Crippen LogP contribution is -2.04. The molecule has 0 unspecified atom stereocenters. The van der Waals surface area contributed by atoms with Gasteiger partial charge in [-0.3, -0.25) is 4.98 Å². The number of pyridine rings is 1. The Balaban J connectivity index is 2.42. The molecule has 82 valence electrons. The summed E-state index contributed by atoms with van der Waals surface area (Å²) in [7, 11) is 1.30. The average molecular weight is 235 g/mol. The van der Waals surface area contributed by atoms with Gasteiger partial charge in [-0.15, -0.1) is 0 Å². The van der Waals surface area contributed by atoms with Gasteiger partial charge in [0, 0.05) is 18.0 Å². The Bertz CT molecular complexity index is 510. The Hall–Kier alpha value is -1.95. The van der Waals surface area contributed by atoms with Crippen LogP contribution in [0.1, 0.15) is 10.5 Å². The monoisotopic (exact) mass is 235 g/mol. The van der Waals surface area contributed by atoms with E-state index in [1.807, 2.05) is 6.07 Å². The molecule has 0 radical (unpaired) electrons. The lowest BCUT2D eigenvalue weighted by molar-refractivity contribution is 0.0596. The molecule has 5 nitrogen and oxygen atoms in total. The molecule has 2 aromatic rings. The van der Waals surface area contributed by atoms with Gasteiger partial charge in [0.1, 0.15) is 10.0 Å². The molecule has 0 aliphatic carbocycles. The second-order valence-electron chi connectivity index (χ2n) is 2.97. The Morgan fingerprint density at radius 1 is 1.56 bits per heavy atom. The van der Waals surface area contributed by atoms with Crippen LogP contribution in [0.25, 0.3) is 10.6 Å². The normalized spacial score (nSPS) is 10.1. The molecule has 0 aliphatic heterocycles. The second-order valence-corrected chi connectivity index (χ2v) is 4.00. The quantitative estimate of drug-likeness (QED) is 0.799. The molecule has 0 spiro atoms. The molecule has 16 heavy (non-hydrogen) atoms. The van der Waals surface area contributed by atoms with Crippen LogP contribution in [0.4, 0.5) is 5.00 Å². The number of hydrogen-bond acceptors (Lipinski definition) is 6. The standard InChI is InChI=1S/C10H9N3O2S/c1-15-10(14)7-8(11)16-9(13-7)6-3-2-4-12-5-6/h2-5H,11H2,1H3. The third-order valence-corrected chi connectivity index (χ3v) is 2.87. The van der Waals surface area contributed by atoms with E-state index in [9.17, 15) is 4.79 Å². The van der Waals surface area contributed by atoms with Crippen molar-refractivity contribution >= 4 is 22.3 Å². The number of rotatable bonds is 2. The highest BCUT2D eigenvalue weighted by molar-refractivity contribution is 7.19. The zero-order valence-electron chi connectivity index (χ0n) is 8.51. The maximum absolute atomic E-state index is 11.3. The van der Waals surface area contributed by atoms with Crippen LogP contribution in [0.3, 0.4) is 0 Å². The van der Waals surface area contributed by atoms with E-state index in [2.05, 4.69) is 14.7 Å². The lowest BCUT2D eigenvalue weighted by Gasteiger charge is -1.94. The molecule has 2 N–H and O–H groups in total. The first kappa shape index (κ1) is 10.6. The second kappa shape index (κ2) is 4.28. The van der Waals surface area contributed by atoms with Crippen molar-refractivity contribution in [1.29, 1.82) is 0 Å². The highest BCUT2D eigenvalue weighted by Crippen LogP contribution is 2.29. The predicted molar refractivity (Wildman–Crippen MR) is 61.1 cm³/mol. The van der Waals surface area contributed by atoms with Crippen LogP contribution >= 0.6 is 11.3 Å². The molecular formula is C10H9N3O2S. The van der Waals surface area contributed by atoms with Gasteiger partial charge in [0.05, 0.1) is 7.11 Å². The van der Waals surface area contributed by atoms with E-state index < -0.39 is 5.97 Å². The molecule has 0 bridgehead atoms. The van der Waals surface area contributed by atoms with Gasteiger partial charge in [0.15, 0.2) is 5.69 Å². The van der Waals surface area contributed by atoms with Crippen molar-refractivity contribution in [2.75, 3.05) is 12.8 Å². The van der Waals surface area contributed by atoms with Crippen molar-refractivity contribution in [2.24, 2.45) is 0 Å². The van der Waals surface area contributed by atoms with Crippen LogP contribution in [0.2, 0.25) is 0 Å². The van der Waals surface area contributed by atoms with Gasteiger partial charge >= 0.3 is 5.97 Å². The van der Waals surface area contributed by atoms with Crippen molar-refractivity contribution < 1.29 is 9.53 Å². The van der Waals surface area contributed by atoms with E-state index in [4.69, 9.17) is 5.73 Å². The van der Waals surface area contributed by atoms with Crippen molar-refractivity contribution in [3.05, 3.63) is 30.2 Å². The number of carbonyl (C=O) groups is 1. The number of thiazole rings is 1. The number of esters is 1. The smallest absolute Gasteiger partial charge is 0.359 e. The maximum Gasteiger partial charge on any atom is 0.359 e. The Labute approximate surface area is 95.9 Å². The Morgan fingerprint density at radius 3 is 3.00 bits per heavy atom. The lowest BCUT2D eigenvalue weighted by atomic mass is 10.3. The number of aromatic nitrogens is 2. The largest absolute Gasteiger partial charge is 0.464 e. The molecule has 0 saturated carbocycles. The highest BCUT2D eigenvalue weighted by Gasteiger charge is 2.17. The van der Waals surface area contributed by atoms with Crippen LogP contribution in [-0.2, 0) is 4.74 Å². The molecule has 6 heteroatoms. The van der Waals surface area contributed by atoms with Crippen LogP contribution in [-0.4, -0.2) is 23.0 Å². The molecule has 0 fully saturated rings. The molecule has 0 saturated heterocycles. The predicted octanol–water partition coefficient (Wildman–Crippen LogP) is 1.57. The molecule has 2 aromatic heterocycles. The van der Waals surface area contributed by atoms with Crippen LogP contribution in [0.15, 0.2) is 24.5 Å². The number of carbonyl (C=O) groups excluding carboxylic acids is 1. The van der Waals surface area contributed by atoms with E-state index in [1.165, 1.54) is 18.4 Å². The summed E-state index contributed by atoms with van der Waals surface area (Å²) in [5.74, 6) is -0.524. The minimum absolute atomic E-state index is 0.159. The fourth-order valence-electron chi connectivity index (χ4n) is 1.19. The summed E-state index contributed by atoms with van der Waals surface area (Å²) < 4.78 is 4.58. The topological polar surface area (TPSA) is 78.1 Å². The SMILES string of the molecule is COC(=O)c1nc(-c2cccnc2)sc1N. The molecule has 0 aromatic carbocycles. The van der Waals surface area contributed by atoms with Gasteiger partial charge in [-0.1, -0.05) is 11.3 Å². The summed E-state index contributed by atoms with van der Waals surface area (Å²) in [6, 6.07) is 3.65. The summed E-state index contributed by atoms with van der Waals surface area (Å²) in [4.78, 5) is 19.4. The van der Waals surface area contributed by atoms with Crippen molar-refractivity contribution in [2.45, 2.75) is 0 Å². The van der Waals surface area contributed by atoms with Gasteiger partial charge in [-0.25, -0.2) is 9.78 Å². The maximum atomic E-state index is 11.3. The zero-order valence-corrected chi connectivity index (χ0v) is 9.32. The first-order chi connectivity index (χ1) is 7.72. The summed E-state index contributed by atoms with van der Waals surface area (Å²) in [5.41, 5.74) is 6.68. The van der Waals surface area contributed by atoms with Crippen LogP contribution < -0.4 is 5.73 Å². The first-order valence-electron chi connectivity index (χ1n) is 4.47. The van der Waals surface area contributed by atoms with Gasteiger partial charge in [0.2, 0.25) is 0 Å². The van der Waals surface area contributed by atoms with Gasteiger partial charge in [-0.05, 0) is 12.1 Å². The minimum atomic E-state index is -0.524. The van der Waals surface area contributed by atoms with E-state index in [-0.39, 0.29) is 5.69 Å². The summed E-state index contributed by atoms with van der Waals surface area (Å²) in [6.45, 7) is 0. The van der Waals surface area contributed by atoms with E-state index in [1.54, 1.807) is 18.5 Å². The van der Waals surface area contributed by atoms with E-state index in [0.717, 1.165) is 5.56 Å². The van der Waals surface area contributed by atoms with Crippen molar-refractivity contribution in [3.63, 3.8) is 0 Å². The minimum Gasteiger partial charge on any atom is -0.464 e. The zero-order chi connectivity index (χ0) is 11.5. The fraction of sp³-hybridized carbons (Fsp3) is 0.100. The number of nitrogen functional groups attached to an aromatic ring is 1. The first-order valence-corrected chi connectivity index (χ1v) is 5.29. The number of nitrogens with zero attached hydrogens (tertiary/aromatic N) is 2. The van der Waals surface area contributed by atoms with E-state index >= 15 is 0 Å². The molecule has 2 rings (SSSR count). The fourth-order valence-corrected chi connectivity index (χ4v) is 2.00. The molecular weight excluding hydrogens is 226 g/mol. The summed E-state index contributed by atoms with van der Waals surface area (Å²) in [5, 5.41) is 1.01. The van der Waals surface area contributed by atoms with Crippen molar-refractivity contribution in [3.8, 4) is 10.6 Å². The number of anilines is 1. The molecule has 0 aliphatic rings. The Kier molecular flexibility index (Phi) is 2.82. The Morgan fingerprint density at radius 2 is 2.38 bits per heavy atom. The highest BCUT2D eigenvalue weighted by atomic mass is 32.1. The van der Waals surface area contributed by atoms with Gasteiger partial charge in [-0.2, -0.15) is 0 Å². The number of ether oxygens (including phenoxy) is 1. The van der Waals surface area contributed by atoms with E-state index in [0.29, 0.717) is 10.0 Å². The molecule has 0 atom stereocenters. The molecule has 0 amide bonds. The average Bonchev–Trinajstić information content (AvgIpc) is 2.71. The number of methoxy groups -OCH3 is 1. The third-order valence-electron chi connectivity index (χ3n) is 1.94. The van der Waals surface area contributed by atoms with Crippen LogP contribution in [0, 0.1) is 0 Å². The summed E-state index contributed by atoms with van der Waals surface area (Å²) in [6.07, 6.45) is 3.33. The number of nitrogens with two attached hydrogens (primary N) is 1. The third kappa shape index (κ3) is 1.87. The van der Waals surface area contributed by atoms with Gasteiger partial charge in [0.25, 0.3) is 0 Å².